The van der Waals surface area contributed by atoms with Crippen molar-refractivity contribution in [2.24, 2.45) is 0 Å². The Morgan fingerprint density at radius 1 is 1.26 bits per heavy atom. The van der Waals surface area contributed by atoms with Crippen LogP contribution in [0, 0.1) is 24.0 Å². The van der Waals surface area contributed by atoms with E-state index in [0.29, 0.717) is 5.69 Å². The molecule has 27 heavy (non-hydrogen) atoms. The highest BCUT2D eigenvalue weighted by atomic mass is 16.6. The number of nitro groups is 1. The minimum atomic E-state index is -0.455. The van der Waals surface area contributed by atoms with Gasteiger partial charge in [-0.2, -0.15) is 0 Å². The Kier molecular flexibility index (Phi) is 5.56. The fourth-order valence-electron chi connectivity index (χ4n) is 3.81. The highest BCUT2D eigenvalue weighted by molar-refractivity contribution is 5.95. The smallest absolute Gasteiger partial charge is 0.293 e. The van der Waals surface area contributed by atoms with Crippen molar-refractivity contribution in [3.05, 3.63) is 68.8 Å². The Bertz CT molecular complexity index is 879. The summed E-state index contributed by atoms with van der Waals surface area (Å²) in [6, 6.07) is 11.7. The first-order chi connectivity index (χ1) is 12.9. The normalized spacial score (nSPS) is 16.1. The van der Waals surface area contributed by atoms with Gasteiger partial charge in [0.15, 0.2) is 0 Å². The van der Waals surface area contributed by atoms with Crippen LogP contribution in [0.25, 0.3) is 0 Å². The van der Waals surface area contributed by atoms with Crippen molar-refractivity contribution in [2.45, 2.75) is 39.2 Å². The van der Waals surface area contributed by atoms with Gasteiger partial charge in [0, 0.05) is 12.1 Å². The number of hydrogen-bond acceptors (Lipinski definition) is 4. The number of benzene rings is 2. The Morgan fingerprint density at radius 3 is 2.74 bits per heavy atom. The maximum Gasteiger partial charge on any atom is 0.293 e. The molecular formula is C21H25N3O3. The fraction of sp³-hybridized carbons (Fsp3) is 0.381. The SMILES string of the molecule is Cc1ccc([N+](=O)[O-])c(NC(=O)CN(C)[C@@H]2CCCc3ccccc32)c1C. The first-order valence-electron chi connectivity index (χ1n) is 9.21. The third-order valence-electron chi connectivity index (χ3n) is 5.44. The summed E-state index contributed by atoms with van der Waals surface area (Å²) < 4.78 is 0. The number of likely N-dealkylation sites (N-methyl/N-ethyl adjacent to an activating group) is 1. The first kappa shape index (κ1) is 19.0. The van der Waals surface area contributed by atoms with E-state index in [4.69, 9.17) is 0 Å². The number of nitro benzene ring substituents is 1. The highest BCUT2D eigenvalue weighted by Gasteiger charge is 2.26. The summed E-state index contributed by atoms with van der Waals surface area (Å²) in [5.74, 6) is -0.239. The predicted molar refractivity (Wildman–Crippen MR) is 106 cm³/mol. The third kappa shape index (κ3) is 4.01. The standard InChI is InChI=1S/C21H25N3O3/c1-14-11-12-19(24(26)27)21(15(14)2)22-20(25)13-23(3)18-10-6-8-16-7-4-5-9-17(16)18/h4-5,7,9,11-12,18H,6,8,10,13H2,1-3H3,(H,22,25)/t18-/m1/s1. The molecule has 2 aromatic carbocycles. The molecule has 1 aliphatic rings. The quantitative estimate of drug-likeness (QED) is 0.636. The number of rotatable bonds is 5. The molecule has 1 atom stereocenters. The van der Waals surface area contributed by atoms with Gasteiger partial charge in [-0.05, 0) is 62.4 Å². The van der Waals surface area contributed by atoms with Crippen LogP contribution in [0.3, 0.4) is 0 Å². The van der Waals surface area contributed by atoms with Gasteiger partial charge in [-0.3, -0.25) is 19.8 Å². The van der Waals surface area contributed by atoms with Gasteiger partial charge < -0.3 is 5.32 Å². The monoisotopic (exact) mass is 367 g/mol. The highest BCUT2D eigenvalue weighted by Crippen LogP contribution is 2.34. The summed E-state index contributed by atoms with van der Waals surface area (Å²) in [5, 5.41) is 14.1. The molecular weight excluding hydrogens is 342 g/mol. The van der Waals surface area contributed by atoms with Crippen molar-refractivity contribution in [2.75, 3.05) is 18.9 Å². The average molecular weight is 367 g/mol. The van der Waals surface area contributed by atoms with Crippen LogP contribution in [-0.4, -0.2) is 29.3 Å². The summed E-state index contributed by atoms with van der Waals surface area (Å²) >= 11 is 0. The first-order valence-corrected chi connectivity index (χ1v) is 9.21. The minimum Gasteiger partial charge on any atom is -0.319 e. The molecule has 6 nitrogen and oxygen atoms in total. The molecule has 0 spiro atoms. The average Bonchev–Trinajstić information content (AvgIpc) is 2.64. The van der Waals surface area contributed by atoms with Gasteiger partial charge in [-0.25, -0.2) is 0 Å². The molecule has 0 aliphatic heterocycles. The lowest BCUT2D eigenvalue weighted by Gasteiger charge is -2.32. The maximum atomic E-state index is 12.6. The number of nitrogens with one attached hydrogen (secondary N) is 1. The number of carbonyl (C=O) groups excluding carboxylic acids is 1. The number of amides is 1. The van der Waals surface area contributed by atoms with Crippen LogP contribution in [0.5, 0.6) is 0 Å². The van der Waals surface area contributed by atoms with E-state index in [0.717, 1.165) is 30.4 Å². The largest absolute Gasteiger partial charge is 0.319 e. The van der Waals surface area contributed by atoms with Crippen LogP contribution in [0.15, 0.2) is 36.4 Å². The van der Waals surface area contributed by atoms with E-state index in [2.05, 4.69) is 17.4 Å². The zero-order valence-corrected chi connectivity index (χ0v) is 16.0. The Hall–Kier alpha value is -2.73. The molecule has 0 aromatic heterocycles. The molecule has 6 heteroatoms. The summed E-state index contributed by atoms with van der Waals surface area (Å²) in [7, 11) is 1.93. The van der Waals surface area contributed by atoms with E-state index in [1.165, 1.54) is 17.2 Å². The number of carbonyl (C=O) groups is 1. The minimum absolute atomic E-state index is 0.0721. The molecule has 1 amide bonds. The molecule has 0 bridgehead atoms. The number of hydrogen-bond donors (Lipinski definition) is 1. The zero-order valence-electron chi connectivity index (χ0n) is 16.0. The lowest BCUT2D eigenvalue weighted by atomic mass is 9.87. The van der Waals surface area contributed by atoms with Crippen molar-refractivity contribution in [1.82, 2.24) is 4.90 Å². The predicted octanol–water partition coefficient (Wildman–Crippen LogP) is 4.16. The van der Waals surface area contributed by atoms with E-state index in [1.54, 1.807) is 13.0 Å². The maximum absolute atomic E-state index is 12.6. The van der Waals surface area contributed by atoms with Crippen molar-refractivity contribution < 1.29 is 9.72 Å². The number of nitrogens with zero attached hydrogens (tertiary/aromatic N) is 2. The second kappa shape index (κ2) is 7.88. The van der Waals surface area contributed by atoms with Crippen LogP contribution in [0.4, 0.5) is 11.4 Å². The molecule has 2 aromatic rings. The second-order valence-corrected chi connectivity index (χ2v) is 7.23. The number of aryl methyl sites for hydroxylation is 2. The Labute approximate surface area is 159 Å². The van der Waals surface area contributed by atoms with Crippen molar-refractivity contribution in [3.63, 3.8) is 0 Å². The van der Waals surface area contributed by atoms with Gasteiger partial charge >= 0.3 is 0 Å². The van der Waals surface area contributed by atoms with E-state index < -0.39 is 4.92 Å². The zero-order chi connectivity index (χ0) is 19.6. The van der Waals surface area contributed by atoms with Crippen LogP contribution in [-0.2, 0) is 11.2 Å². The van der Waals surface area contributed by atoms with Crippen molar-refractivity contribution in [1.29, 1.82) is 0 Å². The fourth-order valence-corrected chi connectivity index (χ4v) is 3.81. The number of fused-ring (bicyclic) bond motifs is 1. The third-order valence-corrected chi connectivity index (χ3v) is 5.44. The van der Waals surface area contributed by atoms with Crippen LogP contribution < -0.4 is 5.32 Å². The van der Waals surface area contributed by atoms with Gasteiger partial charge in [0.1, 0.15) is 5.69 Å². The topological polar surface area (TPSA) is 75.5 Å². The summed E-state index contributed by atoms with van der Waals surface area (Å²) in [6.07, 6.45) is 3.17. The molecule has 142 valence electrons. The van der Waals surface area contributed by atoms with Gasteiger partial charge in [-0.15, -0.1) is 0 Å². The summed E-state index contributed by atoms with van der Waals surface area (Å²) in [4.78, 5) is 25.5. The van der Waals surface area contributed by atoms with Crippen LogP contribution in [0.1, 0.15) is 41.1 Å². The Morgan fingerprint density at radius 2 is 2.00 bits per heavy atom. The second-order valence-electron chi connectivity index (χ2n) is 7.23. The van der Waals surface area contributed by atoms with Crippen LogP contribution >= 0.6 is 0 Å². The van der Waals surface area contributed by atoms with E-state index >= 15 is 0 Å². The van der Waals surface area contributed by atoms with Gasteiger partial charge in [0.2, 0.25) is 5.91 Å². The lowest BCUT2D eigenvalue weighted by Crippen LogP contribution is -2.35. The summed E-state index contributed by atoms with van der Waals surface area (Å²) in [6.45, 7) is 3.85. The Balaban J connectivity index is 1.76. The van der Waals surface area contributed by atoms with E-state index in [1.807, 2.05) is 31.0 Å². The van der Waals surface area contributed by atoms with Crippen molar-refractivity contribution >= 4 is 17.3 Å². The molecule has 1 N–H and O–H groups in total. The van der Waals surface area contributed by atoms with Gasteiger partial charge in [0.25, 0.3) is 5.69 Å². The summed E-state index contributed by atoms with van der Waals surface area (Å²) in [5.41, 5.74) is 4.47. The molecule has 0 radical (unpaired) electrons. The van der Waals surface area contributed by atoms with Gasteiger partial charge in [-0.1, -0.05) is 30.3 Å². The van der Waals surface area contributed by atoms with E-state index in [-0.39, 0.29) is 24.2 Å². The molecule has 3 rings (SSSR count). The number of anilines is 1. The lowest BCUT2D eigenvalue weighted by molar-refractivity contribution is -0.384. The molecule has 0 saturated heterocycles. The van der Waals surface area contributed by atoms with Crippen LogP contribution in [0.2, 0.25) is 0 Å². The molecule has 0 unspecified atom stereocenters. The molecule has 0 saturated carbocycles. The molecule has 0 heterocycles. The molecule has 0 fully saturated rings. The van der Waals surface area contributed by atoms with Gasteiger partial charge in [0.05, 0.1) is 11.5 Å². The van der Waals surface area contributed by atoms with Crippen molar-refractivity contribution in [3.8, 4) is 0 Å². The van der Waals surface area contributed by atoms with E-state index in [9.17, 15) is 14.9 Å². The molecule has 1 aliphatic carbocycles.